The monoisotopic (exact) mass is 205 g/mol. The van der Waals surface area contributed by atoms with Gasteiger partial charge in [0.2, 0.25) is 0 Å². The summed E-state index contributed by atoms with van der Waals surface area (Å²) < 4.78 is 0. The molecule has 82 valence electrons. The molecule has 0 spiro atoms. The predicted octanol–water partition coefficient (Wildman–Crippen LogP) is 1.82. The smallest absolute Gasteiger partial charge is 0.102 e. The Morgan fingerprint density at radius 2 is 2.20 bits per heavy atom. The largest absolute Gasteiger partial charge is 0.384 e. The summed E-state index contributed by atoms with van der Waals surface area (Å²) in [6, 6.07) is 8.26. The van der Waals surface area contributed by atoms with E-state index >= 15 is 0 Å². The first-order valence-corrected chi connectivity index (χ1v) is 5.78. The number of aliphatic hydroxyl groups is 1. The fraction of sp³-hybridized carbons (Fsp3) is 0.538. The van der Waals surface area contributed by atoms with Crippen LogP contribution in [-0.4, -0.2) is 18.2 Å². The molecule has 1 aromatic rings. The minimum Gasteiger partial charge on any atom is -0.384 e. The van der Waals surface area contributed by atoms with E-state index in [4.69, 9.17) is 0 Å². The summed E-state index contributed by atoms with van der Waals surface area (Å²) in [7, 11) is 0. The van der Waals surface area contributed by atoms with E-state index in [2.05, 4.69) is 30.4 Å². The molecule has 0 fully saturated rings. The number of nitrogens with one attached hydrogen (secondary N) is 1. The zero-order valence-electron chi connectivity index (χ0n) is 9.29. The van der Waals surface area contributed by atoms with Crippen molar-refractivity contribution in [3.8, 4) is 0 Å². The van der Waals surface area contributed by atoms with Gasteiger partial charge in [-0.15, -0.1) is 0 Å². The maximum absolute atomic E-state index is 10.6. The molecule has 0 saturated heterocycles. The first-order chi connectivity index (χ1) is 7.26. The Hall–Kier alpha value is -0.860. The van der Waals surface area contributed by atoms with E-state index in [0.29, 0.717) is 6.54 Å². The zero-order valence-corrected chi connectivity index (χ0v) is 9.29. The van der Waals surface area contributed by atoms with Crippen LogP contribution in [0.5, 0.6) is 0 Å². The van der Waals surface area contributed by atoms with Crippen LogP contribution in [0.2, 0.25) is 0 Å². The number of aryl methyl sites for hydroxylation is 1. The molecule has 2 N–H and O–H groups in total. The molecule has 0 aromatic heterocycles. The second kappa shape index (κ2) is 4.33. The fourth-order valence-electron chi connectivity index (χ4n) is 2.41. The van der Waals surface area contributed by atoms with E-state index in [0.717, 1.165) is 31.4 Å². The Labute approximate surface area is 91.3 Å². The number of hydrogen-bond donors (Lipinski definition) is 2. The van der Waals surface area contributed by atoms with E-state index in [1.54, 1.807) is 0 Å². The van der Waals surface area contributed by atoms with Crippen molar-refractivity contribution < 1.29 is 5.11 Å². The molecule has 0 saturated carbocycles. The molecule has 1 aliphatic carbocycles. The minimum absolute atomic E-state index is 0.648. The maximum atomic E-state index is 10.6. The lowest BCUT2D eigenvalue weighted by Gasteiger charge is -2.34. The van der Waals surface area contributed by atoms with Gasteiger partial charge in [0.1, 0.15) is 5.60 Å². The summed E-state index contributed by atoms with van der Waals surface area (Å²) in [6.45, 7) is 3.64. The Morgan fingerprint density at radius 1 is 1.40 bits per heavy atom. The van der Waals surface area contributed by atoms with Crippen LogP contribution in [0.25, 0.3) is 0 Å². The quantitative estimate of drug-likeness (QED) is 0.789. The highest BCUT2D eigenvalue weighted by Gasteiger charge is 2.33. The van der Waals surface area contributed by atoms with Crippen molar-refractivity contribution in [3.63, 3.8) is 0 Å². The number of hydrogen-bond acceptors (Lipinski definition) is 2. The van der Waals surface area contributed by atoms with Crippen LogP contribution < -0.4 is 5.32 Å². The Bertz CT molecular complexity index is 337. The first-order valence-electron chi connectivity index (χ1n) is 5.78. The fourth-order valence-corrected chi connectivity index (χ4v) is 2.41. The molecule has 0 bridgehead atoms. The molecule has 1 atom stereocenters. The minimum atomic E-state index is -0.648. The summed E-state index contributed by atoms with van der Waals surface area (Å²) in [5.41, 5.74) is 1.78. The highest BCUT2D eigenvalue weighted by Crippen LogP contribution is 2.34. The summed E-state index contributed by atoms with van der Waals surface area (Å²) in [4.78, 5) is 0. The van der Waals surface area contributed by atoms with Crippen molar-refractivity contribution in [3.05, 3.63) is 35.4 Å². The molecule has 1 unspecified atom stereocenters. The van der Waals surface area contributed by atoms with E-state index in [9.17, 15) is 5.11 Å². The van der Waals surface area contributed by atoms with Crippen molar-refractivity contribution in [1.82, 2.24) is 5.32 Å². The van der Waals surface area contributed by atoms with Crippen LogP contribution in [0.3, 0.4) is 0 Å². The van der Waals surface area contributed by atoms with Gasteiger partial charge in [-0.05, 0) is 36.9 Å². The van der Waals surface area contributed by atoms with Gasteiger partial charge in [-0.25, -0.2) is 0 Å². The second-order valence-electron chi connectivity index (χ2n) is 4.32. The van der Waals surface area contributed by atoms with Gasteiger partial charge in [0.25, 0.3) is 0 Å². The highest BCUT2D eigenvalue weighted by atomic mass is 16.3. The third-order valence-electron chi connectivity index (χ3n) is 3.22. The van der Waals surface area contributed by atoms with E-state index in [1.807, 2.05) is 6.07 Å². The summed E-state index contributed by atoms with van der Waals surface area (Å²) in [5, 5.41) is 13.8. The average Bonchev–Trinajstić information content (AvgIpc) is 2.27. The molecular formula is C13H19NO. The lowest BCUT2D eigenvalue weighted by atomic mass is 9.79. The molecule has 2 nitrogen and oxygen atoms in total. The number of fused-ring (bicyclic) bond motifs is 1. The van der Waals surface area contributed by atoms with Crippen LogP contribution in [0.4, 0.5) is 0 Å². The van der Waals surface area contributed by atoms with Crippen molar-refractivity contribution >= 4 is 0 Å². The third-order valence-corrected chi connectivity index (χ3v) is 3.22. The molecule has 1 aromatic carbocycles. The molecule has 2 heteroatoms. The first kappa shape index (κ1) is 10.7. The predicted molar refractivity (Wildman–Crippen MR) is 61.8 cm³/mol. The summed E-state index contributed by atoms with van der Waals surface area (Å²) >= 11 is 0. The Kier molecular flexibility index (Phi) is 3.08. The molecular weight excluding hydrogens is 186 g/mol. The van der Waals surface area contributed by atoms with Crippen molar-refractivity contribution in [1.29, 1.82) is 0 Å². The van der Waals surface area contributed by atoms with Crippen LogP contribution in [0.1, 0.15) is 30.9 Å². The van der Waals surface area contributed by atoms with Crippen LogP contribution in [-0.2, 0) is 12.0 Å². The standard InChI is InChI=1S/C13H19NO/c1-2-14-10-13(15)9-5-7-11-6-3-4-8-12(11)13/h3-4,6,8,14-15H,2,5,7,9-10H2,1H3. The number of likely N-dealkylation sites (N-methyl/N-ethyl adjacent to an activating group) is 1. The normalized spacial score (nSPS) is 24.9. The number of benzene rings is 1. The second-order valence-corrected chi connectivity index (χ2v) is 4.32. The van der Waals surface area contributed by atoms with Crippen molar-refractivity contribution in [2.75, 3.05) is 13.1 Å². The molecule has 0 aliphatic heterocycles. The Balaban J connectivity index is 2.27. The molecule has 1 aliphatic rings. The van der Waals surface area contributed by atoms with Gasteiger partial charge in [-0.2, -0.15) is 0 Å². The van der Waals surface area contributed by atoms with Gasteiger partial charge in [-0.1, -0.05) is 31.2 Å². The van der Waals surface area contributed by atoms with Gasteiger partial charge in [-0.3, -0.25) is 0 Å². The van der Waals surface area contributed by atoms with Crippen LogP contribution in [0, 0.1) is 0 Å². The topological polar surface area (TPSA) is 32.3 Å². The maximum Gasteiger partial charge on any atom is 0.102 e. The van der Waals surface area contributed by atoms with E-state index in [1.165, 1.54) is 5.56 Å². The van der Waals surface area contributed by atoms with Crippen LogP contribution in [0.15, 0.2) is 24.3 Å². The van der Waals surface area contributed by atoms with Gasteiger partial charge < -0.3 is 10.4 Å². The van der Waals surface area contributed by atoms with Crippen LogP contribution >= 0.6 is 0 Å². The lowest BCUT2D eigenvalue weighted by molar-refractivity contribution is 0.0198. The Morgan fingerprint density at radius 3 is 3.00 bits per heavy atom. The summed E-state index contributed by atoms with van der Waals surface area (Å²) in [6.07, 6.45) is 3.06. The van der Waals surface area contributed by atoms with E-state index < -0.39 is 5.60 Å². The zero-order chi connectivity index (χ0) is 10.7. The molecule has 0 heterocycles. The molecule has 0 radical (unpaired) electrons. The SMILES string of the molecule is CCNCC1(O)CCCc2ccccc21. The van der Waals surface area contributed by atoms with Gasteiger partial charge in [0, 0.05) is 6.54 Å². The molecule has 2 rings (SSSR count). The molecule has 0 amide bonds. The van der Waals surface area contributed by atoms with Gasteiger partial charge in [0.15, 0.2) is 0 Å². The lowest BCUT2D eigenvalue weighted by Crippen LogP contribution is -2.40. The van der Waals surface area contributed by atoms with Crippen molar-refractivity contribution in [2.24, 2.45) is 0 Å². The highest BCUT2D eigenvalue weighted by molar-refractivity contribution is 5.34. The molecule has 15 heavy (non-hydrogen) atoms. The van der Waals surface area contributed by atoms with Crippen molar-refractivity contribution in [2.45, 2.75) is 31.8 Å². The van der Waals surface area contributed by atoms with E-state index in [-0.39, 0.29) is 0 Å². The number of rotatable bonds is 3. The summed E-state index contributed by atoms with van der Waals surface area (Å²) in [5.74, 6) is 0. The van der Waals surface area contributed by atoms with Gasteiger partial charge >= 0.3 is 0 Å². The average molecular weight is 205 g/mol. The third kappa shape index (κ3) is 2.06. The van der Waals surface area contributed by atoms with Gasteiger partial charge in [0.05, 0.1) is 0 Å².